The molecule has 0 saturated carbocycles. The van der Waals surface area contributed by atoms with Crippen LogP contribution in [0.1, 0.15) is 33.1 Å². The lowest BCUT2D eigenvalue weighted by molar-refractivity contribution is 0.153. The monoisotopic (exact) mass is 258 g/mol. The Morgan fingerprint density at radius 3 is 2.82 bits per heavy atom. The standard InChI is InChI=1S/C13H26N2OS/c1-13(2,12(14)17)6-4-7-15-8-5-11(9-15)10-16-3/h11H,4-10H2,1-3H3,(H2,14,17). The van der Waals surface area contributed by atoms with Gasteiger partial charge in [0, 0.05) is 19.1 Å². The molecule has 0 spiro atoms. The van der Waals surface area contributed by atoms with Gasteiger partial charge in [-0.05, 0) is 38.3 Å². The maximum atomic E-state index is 5.73. The van der Waals surface area contributed by atoms with E-state index in [9.17, 15) is 0 Å². The Bertz CT molecular complexity index is 256. The third-order valence-corrected chi connectivity index (χ3v) is 4.27. The van der Waals surface area contributed by atoms with Crippen molar-refractivity contribution in [1.29, 1.82) is 0 Å². The molecule has 0 bridgehead atoms. The zero-order chi connectivity index (χ0) is 12.9. The van der Waals surface area contributed by atoms with Crippen LogP contribution in [0.5, 0.6) is 0 Å². The van der Waals surface area contributed by atoms with Gasteiger partial charge in [-0.2, -0.15) is 0 Å². The van der Waals surface area contributed by atoms with Crippen LogP contribution < -0.4 is 5.73 Å². The number of hydrogen-bond acceptors (Lipinski definition) is 3. The van der Waals surface area contributed by atoms with E-state index in [1.54, 1.807) is 7.11 Å². The summed E-state index contributed by atoms with van der Waals surface area (Å²) < 4.78 is 5.20. The molecule has 0 aromatic heterocycles. The molecule has 1 aliphatic rings. The Balaban J connectivity index is 2.18. The first-order chi connectivity index (χ1) is 7.95. The molecule has 1 heterocycles. The number of hydrogen-bond donors (Lipinski definition) is 1. The molecule has 1 saturated heterocycles. The van der Waals surface area contributed by atoms with Crippen LogP contribution in [0.15, 0.2) is 0 Å². The predicted molar refractivity (Wildman–Crippen MR) is 76.2 cm³/mol. The first-order valence-electron chi connectivity index (χ1n) is 6.47. The SMILES string of the molecule is COCC1CCN(CCCC(C)(C)C(N)=S)C1. The molecule has 3 nitrogen and oxygen atoms in total. The van der Waals surface area contributed by atoms with E-state index in [0.29, 0.717) is 4.99 Å². The Hall–Kier alpha value is -0.190. The second-order valence-corrected chi connectivity index (χ2v) is 6.20. The first-order valence-corrected chi connectivity index (χ1v) is 6.87. The number of ether oxygens (including phenoxy) is 1. The van der Waals surface area contributed by atoms with Crippen LogP contribution in [0, 0.1) is 11.3 Å². The number of likely N-dealkylation sites (tertiary alicyclic amines) is 1. The van der Waals surface area contributed by atoms with Crippen molar-refractivity contribution in [3.05, 3.63) is 0 Å². The molecule has 0 amide bonds. The third-order valence-electron chi connectivity index (χ3n) is 3.72. The highest BCUT2D eigenvalue weighted by atomic mass is 32.1. The zero-order valence-corrected chi connectivity index (χ0v) is 12.2. The Morgan fingerprint density at radius 2 is 2.24 bits per heavy atom. The topological polar surface area (TPSA) is 38.5 Å². The van der Waals surface area contributed by atoms with Gasteiger partial charge in [-0.1, -0.05) is 26.1 Å². The van der Waals surface area contributed by atoms with Gasteiger partial charge in [0.1, 0.15) is 0 Å². The van der Waals surface area contributed by atoms with Crippen molar-refractivity contribution in [3.8, 4) is 0 Å². The molecule has 0 radical (unpaired) electrons. The second kappa shape index (κ2) is 6.66. The highest BCUT2D eigenvalue weighted by Gasteiger charge is 2.24. The average molecular weight is 258 g/mol. The summed E-state index contributed by atoms with van der Waals surface area (Å²) >= 11 is 5.08. The van der Waals surface area contributed by atoms with Gasteiger partial charge in [0.2, 0.25) is 0 Å². The van der Waals surface area contributed by atoms with Gasteiger partial charge in [0.25, 0.3) is 0 Å². The normalized spacial score (nSPS) is 21.9. The van der Waals surface area contributed by atoms with Gasteiger partial charge in [0.05, 0.1) is 11.6 Å². The molecule has 1 aliphatic heterocycles. The summed E-state index contributed by atoms with van der Waals surface area (Å²) in [5.41, 5.74) is 5.73. The van der Waals surface area contributed by atoms with Crippen molar-refractivity contribution in [2.45, 2.75) is 33.1 Å². The smallest absolute Gasteiger partial charge is 0.0784 e. The molecule has 1 fully saturated rings. The summed E-state index contributed by atoms with van der Waals surface area (Å²) in [5, 5.41) is 0. The van der Waals surface area contributed by atoms with Crippen LogP contribution in [0.25, 0.3) is 0 Å². The number of methoxy groups -OCH3 is 1. The van der Waals surface area contributed by atoms with Crippen molar-refractivity contribution in [3.63, 3.8) is 0 Å². The molecule has 1 atom stereocenters. The highest BCUT2D eigenvalue weighted by Crippen LogP contribution is 2.24. The molecule has 1 rings (SSSR count). The fraction of sp³-hybridized carbons (Fsp3) is 0.923. The van der Waals surface area contributed by atoms with E-state index in [4.69, 9.17) is 22.7 Å². The van der Waals surface area contributed by atoms with Gasteiger partial charge in [-0.3, -0.25) is 0 Å². The van der Waals surface area contributed by atoms with Gasteiger partial charge in [-0.25, -0.2) is 0 Å². The Morgan fingerprint density at radius 1 is 1.53 bits per heavy atom. The molecular formula is C13H26N2OS. The van der Waals surface area contributed by atoms with Crippen molar-refractivity contribution in [2.24, 2.45) is 17.1 Å². The molecular weight excluding hydrogens is 232 g/mol. The number of nitrogens with two attached hydrogens (primary N) is 1. The van der Waals surface area contributed by atoms with E-state index in [-0.39, 0.29) is 5.41 Å². The van der Waals surface area contributed by atoms with Gasteiger partial charge in [-0.15, -0.1) is 0 Å². The maximum absolute atomic E-state index is 5.73. The quantitative estimate of drug-likeness (QED) is 0.709. The van der Waals surface area contributed by atoms with E-state index in [1.165, 1.54) is 25.9 Å². The van der Waals surface area contributed by atoms with Crippen molar-refractivity contribution < 1.29 is 4.74 Å². The predicted octanol–water partition coefficient (Wildman–Crippen LogP) is 2.05. The lowest BCUT2D eigenvalue weighted by Gasteiger charge is -2.24. The number of thiocarbonyl (C=S) groups is 1. The van der Waals surface area contributed by atoms with Crippen LogP contribution in [-0.4, -0.2) is 43.2 Å². The van der Waals surface area contributed by atoms with Crippen LogP contribution in [0.4, 0.5) is 0 Å². The van der Waals surface area contributed by atoms with Gasteiger partial charge in [0.15, 0.2) is 0 Å². The minimum Gasteiger partial charge on any atom is -0.393 e. The van der Waals surface area contributed by atoms with Crippen LogP contribution in [0.2, 0.25) is 0 Å². The van der Waals surface area contributed by atoms with Crippen LogP contribution in [0.3, 0.4) is 0 Å². The summed E-state index contributed by atoms with van der Waals surface area (Å²) in [7, 11) is 1.79. The van der Waals surface area contributed by atoms with Crippen LogP contribution in [-0.2, 0) is 4.74 Å². The van der Waals surface area contributed by atoms with E-state index in [1.807, 2.05) is 0 Å². The van der Waals surface area contributed by atoms with E-state index < -0.39 is 0 Å². The lowest BCUT2D eigenvalue weighted by Crippen LogP contribution is -2.31. The fourth-order valence-electron chi connectivity index (χ4n) is 2.36. The van der Waals surface area contributed by atoms with Crippen molar-refractivity contribution in [2.75, 3.05) is 33.4 Å². The summed E-state index contributed by atoms with van der Waals surface area (Å²) in [6.07, 6.45) is 3.52. The Kier molecular flexibility index (Phi) is 5.83. The molecule has 17 heavy (non-hydrogen) atoms. The summed E-state index contributed by atoms with van der Waals surface area (Å²) in [6.45, 7) is 8.71. The molecule has 100 valence electrons. The van der Waals surface area contributed by atoms with Crippen molar-refractivity contribution >= 4 is 17.2 Å². The summed E-state index contributed by atoms with van der Waals surface area (Å²) in [4.78, 5) is 3.16. The Labute approximate surface area is 111 Å². The minimum absolute atomic E-state index is 0.000981. The molecule has 0 aliphatic carbocycles. The number of nitrogens with zero attached hydrogens (tertiary/aromatic N) is 1. The average Bonchev–Trinajstić information content (AvgIpc) is 2.66. The van der Waals surface area contributed by atoms with Crippen LogP contribution >= 0.6 is 12.2 Å². The minimum atomic E-state index is 0.000981. The summed E-state index contributed by atoms with van der Waals surface area (Å²) in [6, 6.07) is 0. The van der Waals surface area contributed by atoms with Gasteiger partial charge >= 0.3 is 0 Å². The molecule has 0 aromatic rings. The van der Waals surface area contributed by atoms with E-state index in [2.05, 4.69) is 18.7 Å². The van der Waals surface area contributed by atoms with E-state index >= 15 is 0 Å². The summed E-state index contributed by atoms with van der Waals surface area (Å²) in [5.74, 6) is 0.726. The first kappa shape index (κ1) is 14.9. The van der Waals surface area contributed by atoms with E-state index in [0.717, 1.165) is 25.5 Å². The fourth-order valence-corrected chi connectivity index (χ4v) is 2.46. The highest BCUT2D eigenvalue weighted by molar-refractivity contribution is 7.80. The molecule has 4 heteroatoms. The molecule has 2 N–H and O–H groups in total. The molecule has 0 aromatic carbocycles. The maximum Gasteiger partial charge on any atom is 0.0784 e. The molecule has 1 unspecified atom stereocenters. The second-order valence-electron chi connectivity index (χ2n) is 5.76. The van der Waals surface area contributed by atoms with Crippen molar-refractivity contribution in [1.82, 2.24) is 4.90 Å². The zero-order valence-electron chi connectivity index (χ0n) is 11.4. The van der Waals surface area contributed by atoms with Gasteiger partial charge < -0.3 is 15.4 Å². The lowest BCUT2D eigenvalue weighted by atomic mass is 9.88. The number of rotatable bonds is 7. The largest absolute Gasteiger partial charge is 0.393 e. The third kappa shape index (κ3) is 4.90.